The van der Waals surface area contributed by atoms with E-state index in [0.29, 0.717) is 11.3 Å². The van der Waals surface area contributed by atoms with Gasteiger partial charge in [-0.15, -0.1) is 0 Å². The van der Waals surface area contributed by atoms with Crippen LogP contribution in [-0.2, 0) is 4.79 Å². The summed E-state index contributed by atoms with van der Waals surface area (Å²) in [4.78, 5) is 22.1. The Morgan fingerprint density at radius 1 is 1.40 bits per heavy atom. The molecule has 1 atom stereocenters. The number of aliphatic hydroxyl groups is 1. The first-order chi connectivity index (χ1) is 9.19. The number of amides is 2. The minimum absolute atomic E-state index is 0.237. The Morgan fingerprint density at radius 2 is 2.05 bits per heavy atom. The molecule has 0 fully saturated rings. The molecule has 2 amide bonds. The predicted molar refractivity (Wildman–Crippen MR) is 71.0 cm³/mol. The number of halogens is 1. The Labute approximate surface area is 115 Å². The number of rotatable bonds is 5. The molecule has 0 aliphatic rings. The van der Waals surface area contributed by atoms with E-state index in [1.165, 1.54) is 25.1 Å². The number of aryl methyl sites for hydroxylation is 1. The zero-order valence-electron chi connectivity index (χ0n) is 11.2. The molecule has 0 aliphatic carbocycles. The summed E-state index contributed by atoms with van der Waals surface area (Å²) in [6.45, 7) is 2.77. The van der Waals surface area contributed by atoms with E-state index in [4.69, 9.17) is 5.11 Å². The third-order valence-electron chi connectivity index (χ3n) is 2.61. The average Bonchev–Trinajstić information content (AvgIpc) is 2.30. The molecule has 0 radical (unpaired) electrons. The van der Waals surface area contributed by atoms with Crippen LogP contribution >= 0.6 is 0 Å². The van der Waals surface area contributed by atoms with Gasteiger partial charge in [-0.2, -0.15) is 0 Å². The van der Waals surface area contributed by atoms with Crippen molar-refractivity contribution in [2.75, 3.05) is 11.9 Å². The third-order valence-corrected chi connectivity index (χ3v) is 2.61. The van der Waals surface area contributed by atoms with Crippen molar-refractivity contribution in [1.82, 2.24) is 5.32 Å². The first-order valence-electron chi connectivity index (χ1n) is 5.95. The van der Waals surface area contributed by atoms with Gasteiger partial charge in [0.05, 0.1) is 12.0 Å². The predicted octanol–water partition coefficient (Wildman–Crippen LogP) is 1.48. The number of hydrogen-bond acceptors (Lipinski definition) is 3. The summed E-state index contributed by atoms with van der Waals surface area (Å²) in [5, 5.41) is 23.1. The normalized spacial score (nSPS) is 13.4. The number of carboxylic acids is 1. The first kappa shape index (κ1) is 15.9. The Hall–Kier alpha value is -2.15. The van der Waals surface area contributed by atoms with Crippen LogP contribution in [-0.4, -0.2) is 34.4 Å². The molecule has 1 unspecified atom stereocenters. The van der Waals surface area contributed by atoms with Crippen molar-refractivity contribution < 1.29 is 24.2 Å². The molecule has 0 aromatic heterocycles. The van der Waals surface area contributed by atoms with E-state index in [9.17, 15) is 19.1 Å². The molecule has 110 valence electrons. The second kappa shape index (κ2) is 6.33. The molecule has 1 aromatic carbocycles. The van der Waals surface area contributed by atoms with Crippen LogP contribution in [0.25, 0.3) is 0 Å². The second-order valence-electron chi connectivity index (χ2n) is 4.83. The average molecular weight is 284 g/mol. The fourth-order valence-electron chi connectivity index (χ4n) is 1.55. The van der Waals surface area contributed by atoms with E-state index in [1.54, 1.807) is 6.92 Å². The number of carbonyl (C=O) groups excluding carboxylic acids is 1. The monoisotopic (exact) mass is 284 g/mol. The number of anilines is 1. The largest absolute Gasteiger partial charge is 0.481 e. The van der Waals surface area contributed by atoms with Crippen LogP contribution in [0.1, 0.15) is 18.9 Å². The summed E-state index contributed by atoms with van der Waals surface area (Å²) in [5.41, 5.74) is -0.570. The van der Waals surface area contributed by atoms with Crippen molar-refractivity contribution in [2.24, 2.45) is 0 Å². The maximum absolute atomic E-state index is 13.0. The van der Waals surface area contributed by atoms with Gasteiger partial charge in [-0.05, 0) is 31.5 Å². The van der Waals surface area contributed by atoms with E-state index < -0.39 is 29.8 Å². The highest BCUT2D eigenvalue weighted by Gasteiger charge is 2.24. The number of aliphatic carboxylic acids is 1. The van der Waals surface area contributed by atoms with E-state index in [2.05, 4.69) is 10.6 Å². The van der Waals surface area contributed by atoms with E-state index >= 15 is 0 Å². The molecule has 0 heterocycles. The van der Waals surface area contributed by atoms with Crippen LogP contribution < -0.4 is 10.6 Å². The van der Waals surface area contributed by atoms with E-state index in [-0.39, 0.29) is 6.54 Å². The number of urea groups is 1. The van der Waals surface area contributed by atoms with Gasteiger partial charge in [0.2, 0.25) is 0 Å². The molecular formula is C13H17FN2O4. The summed E-state index contributed by atoms with van der Waals surface area (Å²) in [5.74, 6) is -1.65. The molecule has 1 aromatic rings. The zero-order chi connectivity index (χ0) is 15.3. The number of hydrogen-bond donors (Lipinski definition) is 4. The Kier molecular flexibility index (Phi) is 5.04. The molecule has 4 N–H and O–H groups in total. The molecule has 0 spiro atoms. The molecule has 1 rings (SSSR count). The summed E-state index contributed by atoms with van der Waals surface area (Å²) in [6, 6.07) is 3.32. The van der Waals surface area contributed by atoms with Crippen molar-refractivity contribution >= 4 is 17.7 Å². The lowest BCUT2D eigenvalue weighted by molar-refractivity contribution is -0.141. The van der Waals surface area contributed by atoms with Gasteiger partial charge in [0.25, 0.3) is 0 Å². The standard InChI is InChI=1S/C13H17FN2O4/c1-8-3-4-9(14)5-10(8)16-12(19)15-7-13(2,20)6-11(17)18/h3-5,20H,6-7H2,1-2H3,(H,17,18)(H2,15,16,19). The highest BCUT2D eigenvalue weighted by Crippen LogP contribution is 2.15. The van der Waals surface area contributed by atoms with Gasteiger partial charge < -0.3 is 20.8 Å². The fourth-order valence-corrected chi connectivity index (χ4v) is 1.55. The third kappa shape index (κ3) is 5.23. The molecule has 0 aliphatic heterocycles. The van der Waals surface area contributed by atoms with E-state index in [0.717, 1.165) is 0 Å². The lowest BCUT2D eigenvalue weighted by atomic mass is 10.0. The molecule has 0 bridgehead atoms. The summed E-state index contributed by atoms with van der Waals surface area (Å²) >= 11 is 0. The highest BCUT2D eigenvalue weighted by atomic mass is 19.1. The van der Waals surface area contributed by atoms with Gasteiger partial charge in [0, 0.05) is 12.2 Å². The SMILES string of the molecule is Cc1ccc(F)cc1NC(=O)NCC(C)(O)CC(=O)O. The quantitative estimate of drug-likeness (QED) is 0.658. The van der Waals surface area contributed by atoms with Gasteiger partial charge in [-0.1, -0.05) is 6.07 Å². The van der Waals surface area contributed by atoms with Gasteiger partial charge in [0.15, 0.2) is 0 Å². The van der Waals surface area contributed by atoms with Gasteiger partial charge in [-0.3, -0.25) is 4.79 Å². The van der Waals surface area contributed by atoms with Gasteiger partial charge >= 0.3 is 12.0 Å². The second-order valence-corrected chi connectivity index (χ2v) is 4.83. The maximum Gasteiger partial charge on any atom is 0.319 e. The molecule has 0 saturated heterocycles. The molecule has 0 saturated carbocycles. The Morgan fingerprint density at radius 3 is 2.65 bits per heavy atom. The number of carboxylic acid groups (broad SMARTS) is 1. The van der Waals surface area contributed by atoms with E-state index in [1.807, 2.05) is 0 Å². The number of nitrogens with one attached hydrogen (secondary N) is 2. The van der Waals surface area contributed by atoms with Gasteiger partial charge in [0.1, 0.15) is 5.82 Å². The fraction of sp³-hybridized carbons (Fsp3) is 0.385. The maximum atomic E-state index is 13.0. The first-order valence-corrected chi connectivity index (χ1v) is 5.95. The van der Waals surface area contributed by atoms with Crippen LogP contribution in [0.15, 0.2) is 18.2 Å². The zero-order valence-corrected chi connectivity index (χ0v) is 11.2. The number of carbonyl (C=O) groups is 2. The van der Waals surface area contributed by atoms with Crippen LogP contribution in [0.3, 0.4) is 0 Å². The lowest BCUT2D eigenvalue weighted by Gasteiger charge is -2.21. The van der Waals surface area contributed by atoms with Crippen LogP contribution in [0.5, 0.6) is 0 Å². The van der Waals surface area contributed by atoms with Crippen molar-refractivity contribution in [2.45, 2.75) is 25.9 Å². The topological polar surface area (TPSA) is 98.7 Å². The minimum atomic E-state index is -1.56. The van der Waals surface area contributed by atoms with Crippen LogP contribution in [0, 0.1) is 12.7 Å². The molecule has 7 heteroatoms. The van der Waals surface area contributed by atoms with Crippen molar-refractivity contribution in [1.29, 1.82) is 0 Å². The lowest BCUT2D eigenvalue weighted by Crippen LogP contribution is -2.43. The summed E-state index contributed by atoms with van der Waals surface area (Å²) in [7, 11) is 0. The van der Waals surface area contributed by atoms with Gasteiger partial charge in [-0.25, -0.2) is 9.18 Å². The van der Waals surface area contributed by atoms with Crippen LogP contribution in [0.4, 0.5) is 14.9 Å². The van der Waals surface area contributed by atoms with Crippen molar-refractivity contribution in [3.8, 4) is 0 Å². The number of benzene rings is 1. The molecule has 6 nitrogen and oxygen atoms in total. The smallest absolute Gasteiger partial charge is 0.319 e. The Balaban J connectivity index is 2.56. The summed E-state index contributed by atoms with van der Waals surface area (Å²) < 4.78 is 13.0. The molecular weight excluding hydrogens is 267 g/mol. The van der Waals surface area contributed by atoms with Crippen molar-refractivity contribution in [3.05, 3.63) is 29.6 Å². The summed E-state index contributed by atoms with van der Waals surface area (Å²) in [6.07, 6.45) is -0.494. The Bertz CT molecular complexity index is 517. The van der Waals surface area contributed by atoms with Crippen LogP contribution in [0.2, 0.25) is 0 Å². The molecule has 20 heavy (non-hydrogen) atoms. The van der Waals surface area contributed by atoms with Crippen molar-refractivity contribution in [3.63, 3.8) is 0 Å². The highest BCUT2D eigenvalue weighted by molar-refractivity contribution is 5.90. The minimum Gasteiger partial charge on any atom is -0.481 e.